The largest absolute Gasteiger partial charge is 0.496 e. The molecule has 46 heavy (non-hydrogen) atoms. The third-order valence-corrected chi connectivity index (χ3v) is 10.9. The highest BCUT2D eigenvalue weighted by Gasteiger charge is 2.30. The zero-order chi connectivity index (χ0) is 33.0. The molecule has 0 saturated carbocycles. The summed E-state index contributed by atoms with van der Waals surface area (Å²) in [7, 11) is -0.876. The van der Waals surface area contributed by atoms with E-state index >= 15 is 0 Å². The molecule has 0 bridgehead atoms. The van der Waals surface area contributed by atoms with Gasteiger partial charge in [0, 0.05) is 36.8 Å². The van der Waals surface area contributed by atoms with E-state index < -0.39 is 22.0 Å². The van der Waals surface area contributed by atoms with Gasteiger partial charge in [0.1, 0.15) is 16.4 Å². The molecule has 0 spiro atoms. The minimum Gasteiger partial charge on any atom is -0.496 e. The van der Waals surface area contributed by atoms with Crippen molar-refractivity contribution in [3.63, 3.8) is 0 Å². The Morgan fingerprint density at radius 1 is 1.02 bits per heavy atom. The summed E-state index contributed by atoms with van der Waals surface area (Å²) >= 11 is 6.13. The number of hydrogen-bond donors (Lipinski definition) is 2. The summed E-state index contributed by atoms with van der Waals surface area (Å²) in [6.45, 7) is 4.12. The fourth-order valence-electron chi connectivity index (χ4n) is 6.59. The van der Waals surface area contributed by atoms with Crippen LogP contribution in [-0.2, 0) is 40.6 Å². The van der Waals surface area contributed by atoms with Crippen molar-refractivity contribution in [2.45, 2.75) is 63.5 Å². The molecule has 1 aliphatic carbocycles. The van der Waals surface area contributed by atoms with Crippen LogP contribution in [0.2, 0.25) is 5.02 Å². The van der Waals surface area contributed by atoms with Crippen molar-refractivity contribution in [1.82, 2.24) is 9.29 Å². The maximum Gasteiger partial charge on any atom is 0.265 e. The van der Waals surface area contributed by atoms with Gasteiger partial charge in [0.25, 0.3) is 10.0 Å². The van der Waals surface area contributed by atoms with E-state index in [1.807, 2.05) is 42.1 Å². The number of benzene rings is 3. The number of aryl methyl sites for hydroxylation is 2. The van der Waals surface area contributed by atoms with Crippen molar-refractivity contribution in [3.05, 3.63) is 111 Å². The molecule has 0 fully saturated rings. The lowest BCUT2D eigenvalue weighted by Gasteiger charge is -2.27. The van der Waals surface area contributed by atoms with Crippen molar-refractivity contribution < 1.29 is 27.8 Å². The van der Waals surface area contributed by atoms with E-state index in [1.54, 1.807) is 33.3 Å². The summed E-state index contributed by atoms with van der Waals surface area (Å²) in [6, 6.07) is 19.0. The lowest BCUT2D eigenvalue weighted by molar-refractivity contribution is -0.119. The summed E-state index contributed by atoms with van der Waals surface area (Å²) in [5.41, 5.74) is 5.70. The molecular weight excluding hydrogens is 624 g/mol. The molecule has 2 atom stereocenters. The highest BCUT2D eigenvalue weighted by Crippen LogP contribution is 2.39. The third kappa shape index (κ3) is 7.60. The van der Waals surface area contributed by atoms with Crippen LogP contribution >= 0.6 is 11.6 Å². The Morgan fingerprint density at radius 2 is 1.67 bits per heavy atom. The molecule has 0 aliphatic heterocycles. The van der Waals surface area contributed by atoms with Crippen molar-refractivity contribution in [2.24, 2.45) is 11.8 Å². The Morgan fingerprint density at radius 3 is 2.28 bits per heavy atom. The topological polar surface area (TPSA) is 107 Å². The fraction of sp³-hybridized carbons (Fsp3) is 0.361. The van der Waals surface area contributed by atoms with Crippen LogP contribution in [0.5, 0.6) is 11.5 Å². The molecule has 4 aromatic rings. The van der Waals surface area contributed by atoms with E-state index in [1.165, 1.54) is 17.2 Å². The van der Waals surface area contributed by atoms with Crippen molar-refractivity contribution >= 4 is 27.5 Å². The smallest absolute Gasteiger partial charge is 0.265 e. The number of rotatable bonds is 13. The number of ether oxygens (including phenoxy) is 2. The highest BCUT2D eigenvalue weighted by atomic mass is 35.5. The summed E-state index contributed by atoms with van der Waals surface area (Å²) in [6.07, 6.45) is 6.22. The third-order valence-electron chi connectivity index (χ3n) is 8.91. The van der Waals surface area contributed by atoms with Gasteiger partial charge in [-0.25, -0.2) is 13.1 Å². The Labute approximate surface area is 276 Å². The SMILES string of the molecule is COc1cc([C@@H](O)[C@@H](CC2Cc3ccccc3C2)Cn2ccc(CCC(=O)NS(=O)(=O)c3c(C)cccc3Cl)c2)cc(OC)c1C. The van der Waals surface area contributed by atoms with Crippen LogP contribution in [-0.4, -0.2) is 38.2 Å². The Hall–Kier alpha value is -3.79. The lowest BCUT2D eigenvalue weighted by Crippen LogP contribution is -2.31. The van der Waals surface area contributed by atoms with Crippen molar-refractivity contribution in [2.75, 3.05) is 14.2 Å². The molecule has 1 heterocycles. The number of nitrogens with one attached hydrogen (secondary N) is 1. The highest BCUT2D eigenvalue weighted by molar-refractivity contribution is 7.90. The van der Waals surface area contributed by atoms with Crippen molar-refractivity contribution in [1.29, 1.82) is 0 Å². The van der Waals surface area contributed by atoms with Gasteiger partial charge in [-0.3, -0.25) is 4.79 Å². The van der Waals surface area contributed by atoms with Crippen LogP contribution in [0, 0.1) is 25.7 Å². The van der Waals surface area contributed by atoms with Gasteiger partial charge in [-0.15, -0.1) is 0 Å². The molecule has 2 N–H and O–H groups in total. The number of carbonyl (C=O) groups is 1. The summed E-state index contributed by atoms with van der Waals surface area (Å²) < 4.78 is 41.1. The molecule has 0 saturated heterocycles. The lowest BCUT2D eigenvalue weighted by atomic mass is 9.85. The molecule has 5 rings (SSSR count). The number of methoxy groups -OCH3 is 2. The van der Waals surface area contributed by atoms with E-state index in [0.717, 1.165) is 36.0 Å². The molecule has 0 unspecified atom stereocenters. The maximum absolute atomic E-state index is 12.9. The number of sulfonamides is 1. The second kappa shape index (κ2) is 14.3. The summed E-state index contributed by atoms with van der Waals surface area (Å²) in [5, 5.41) is 11.9. The van der Waals surface area contributed by atoms with E-state index in [2.05, 4.69) is 29.0 Å². The van der Waals surface area contributed by atoms with Gasteiger partial charge in [-0.05, 0) is 97.5 Å². The minimum absolute atomic E-state index is 0.0118. The van der Waals surface area contributed by atoms with Crippen molar-refractivity contribution in [3.8, 4) is 11.5 Å². The first kappa shape index (κ1) is 33.6. The predicted octanol–water partition coefficient (Wildman–Crippen LogP) is 6.37. The first-order chi connectivity index (χ1) is 22.0. The minimum atomic E-state index is -4.10. The number of amides is 1. The quantitative estimate of drug-likeness (QED) is 0.172. The van der Waals surface area contributed by atoms with Crippen LogP contribution in [0.1, 0.15) is 52.3 Å². The van der Waals surface area contributed by atoms with Gasteiger partial charge in [-0.2, -0.15) is 0 Å². The average Bonchev–Trinajstić information content (AvgIpc) is 3.65. The van der Waals surface area contributed by atoms with E-state index in [0.29, 0.717) is 35.9 Å². The van der Waals surface area contributed by atoms with Crippen LogP contribution < -0.4 is 14.2 Å². The van der Waals surface area contributed by atoms with E-state index in [9.17, 15) is 18.3 Å². The second-order valence-electron chi connectivity index (χ2n) is 12.2. The normalized spacial score (nSPS) is 14.5. The molecular formula is C36H41ClN2O6S. The van der Waals surface area contributed by atoms with Crippen LogP contribution in [0.25, 0.3) is 0 Å². The number of hydrogen-bond acceptors (Lipinski definition) is 6. The Kier molecular flexibility index (Phi) is 10.5. The molecule has 10 heteroatoms. The molecule has 8 nitrogen and oxygen atoms in total. The van der Waals surface area contributed by atoms with Crippen LogP contribution in [0.4, 0.5) is 0 Å². The van der Waals surface area contributed by atoms with E-state index in [-0.39, 0.29) is 22.3 Å². The Bertz CT molecular complexity index is 1750. The number of aliphatic hydroxyl groups is 1. The van der Waals surface area contributed by atoms with Crippen LogP contribution in [0.15, 0.2) is 78.0 Å². The zero-order valence-corrected chi connectivity index (χ0v) is 28.2. The number of fused-ring (bicyclic) bond motifs is 1. The van der Waals surface area contributed by atoms with E-state index in [4.69, 9.17) is 21.1 Å². The van der Waals surface area contributed by atoms with Gasteiger partial charge in [0.05, 0.1) is 25.3 Å². The average molecular weight is 665 g/mol. The molecule has 0 radical (unpaired) electrons. The molecule has 244 valence electrons. The molecule has 3 aromatic carbocycles. The number of halogens is 1. The van der Waals surface area contributed by atoms with Gasteiger partial charge in [-0.1, -0.05) is 48.0 Å². The first-order valence-electron chi connectivity index (χ1n) is 15.4. The number of aliphatic hydroxyl groups excluding tert-OH is 1. The number of aromatic nitrogens is 1. The van der Waals surface area contributed by atoms with Gasteiger partial charge >= 0.3 is 0 Å². The van der Waals surface area contributed by atoms with Crippen LogP contribution in [0.3, 0.4) is 0 Å². The number of carbonyl (C=O) groups excluding carboxylic acids is 1. The molecule has 1 aromatic heterocycles. The second-order valence-corrected chi connectivity index (χ2v) is 14.2. The summed E-state index contributed by atoms with van der Waals surface area (Å²) in [5.74, 6) is 0.989. The monoisotopic (exact) mass is 664 g/mol. The van der Waals surface area contributed by atoms with Gasteiger partial charge in [0.2, 0.25) is 5.91 Å². The molecule has 1 aliphatic rings. The number of nitrogens with zero attached hydrogens (tertiary/aromatic N) is 1. The first-order valence-corrected chi connectivity index (χ1v) is 17.3. The Balaban J connectivity index is 1.29. The predicted molar refractivity (Wildman–Crippen MR) is 179 cm³/mol. The zero-order valence-electron chi connectivity index (χ0n) is 26.6. The maximum atomic E-state index is 12.9. The van der Waals surface area contributed by atoms with Gasteiger partial charge in [0.15, 0.2) is 0 Å². The standard InChI is InChI=1S/C36H41ClN2O6S/c1-23-8-7-11-31(37)36(23)46(42,43)38-34(40)13-12-25-14-15-39(21-25)22-30(18-26-16-27-9-5-6-10-28(27)17-26)35(41)29-19-32(44-3)24(2)33(20-29)45-4/h5-11,14-15,19-21,26,30,35,41H,12-13,16-18,22H2,1-4H3,(H,38,40)/t30-,35+/m0/s1. The van der Waals surface area contributed by atoms with Gasteiger partial charge < -0.3 is 19.1 Å². The summed E-state index contributed by atoms with van der Waals surface area (Å²) in [4.78, 5) is 12.6. The fourth-order valence-corrected chi connectivity index (χ4v) is 8.43. The molecule has 1 amide bonds.